The van der Waals surface area contributed by atoms with Crippen molar-refractivity contribution >= 4 is 33.5 Å². The van der Waals surface area contributed by atoms with Gasteiger partial charge in [-0.05, 0) is 12.1 Å². The molecule has 2 N–H and O–H groups in total. The lowest BCUT2D eigenvalue weighted by Gasteiger charge is -2.07. The van der Waals surface area contributed by atoms with Crippen LogP contribution < -0.4 is 0 Å². The Hall–Kier alpha value is -0.580. The van der Waals surface area contributed by atoms with Gasteiger partial charge in [-0.1, -0.05) is 33.6 Å². The minimum atomic E-state index is -1.57. The lowest BCUT2D eigenvalue weighted by molar-refractivity contribution is -0.146. The Morgan fingerprint density at radius 3 is 2.62 bits per heavy atom. The van der Waals surface area contributed by atoms with Crippen LogP contribution in [0.1, 0.15) is 11.7 Å². The average Bonchev–Trinajstić information content (AvgIpc) is 2.03. The van der Waals surface area contributed by atoms with Crippen molar-refractivity contribution in [2.24, 2.45) is 0 Å². The molecule has 1 rings (SSSR count). The zero-order chi connectivity index (χ0) is 10.0. The Balaban J connectivity index is 3.08. The molecule has 0 radical (unpaired) electrons. The average molecular weight is 265 g/mol. The molecule has 3 nitrogen and oxygen atoms in total. The van der Waals surface area contributed by atoms with E-state index in [-0.39, 0.29) is 10.6 Å². The standard InChI is InChI=1S/C8H6BrClO3/c9-4-1-2-5(6(10)3-4)7(11)8(12)13/h1-3,7,11H,(H,12,13)/t7-/m0/s1. The lowest BCUT2D eigenvalue weighted by Crippen LogP contribution is -2.10. The Kier molecular flexibility index (Phi) is 3.30. The maximum Gasteiger partial charge on any atom is 0.337 e. The van der Waals surface area contributed by atoms with Crippen LogP contribution in [-0.2, 0) is 4.79 Å². The molecule has 0 unspecified atom stereocenters. The molecule has 1 atom stereocenters. The van der Waals surface area contributed by atoms with Crippen LogP contribution in [0, 0.1) is 0 Å². The predicted molar refractivity (Wildman–Crippen MR) is 51.7 cm³/mol. The molecule has 70 valence electrons. The van der Waals surface area contributed by atoms with Crippen molar-refractivity contribution in [2.75, 3.05) is 0 Å². The predicted octanol–water partition coefficient (Wildman–Crippen LogP) is 2.22. The van der Waals surface area contributed by atoms with Gasteiger partial charge in [-0.3, -0.25) is 0 Å². The van der Waals surface area contributed by atoms with Gasteiger partial charge in [-0.15, -0.1) is 0 Å². The summed E-state index contributed by atoms with van der Waals surface area (Å²) in [7, 11) is 0. The molecule has 0 heterocycles. The van der Waals surface area contributed by atoms with Crippen LogP contribution in [0.2, 0.25) is 5.02 Å². The van der Waals surface area contributed by atoms with Crippen molar-refractivity contribution in [1.82, 2.24) is 0 Å². The molecule has 1 aromatic carbocycles. The van der Waals surface area contributed by atoms with Gasteiger partial charge in [-0.25, -0.2) is 4.79 Å². The van der Waals surface area contributed by atoms with E-state index in [1.165, 1.54) is 12.1 Å². The lowest BCUT2D eigenvalue weighted by atomic mass is 10.1. The topological polar surface area (TPSA) is 57.5 Å². The third-order valence-corrected chi connectivity index (χ3v) is 2.31. The minimum Gasteiger partial charge on any atom is -0.479 e. The van der Waals surface area contributed by atoms with E-state index in [0.717, 1.165) is 4.47 Å². The van der Waals surface area contributed by atoms with Gasteiger partial charge >= 0.3 is 5.97 Å². The van der Waals surface area contributed by atoms with Crippen LogP contribution in [0.25, 0.3) is 0 Å². The molecule has 0 aliphatic rings. The Morgan fingerprint density at radius 1 is 1.54 bits per heavy atom. The third-order valence-electron chi connectivity index (χ3n) is 1.49. The monoisotopic (exact) mass is 264 g/mol. The maximum atomic E-state index is 10.4. The summed E-state index contributed by atoms with van der Waals surface area (Å²) in [5.74, 6) is -1.32. The van der Waals surface area contributed by atoms with Crippen LogP contribution in [0.15, 0.2) is 22.7 Å². The van der Waals surface area contributed by atoms with Gasteiger partial charge in [0, 0.05) is 15.1 Å². The highest BCUT2D eigenvalue weighted by Gasteiger charge is 2.18. The summed E-state index contributed by atoms with van der Waals surface area (Å²) in [6, 6.07) is 4.61. The summed E-state index contributed by atoms with van der Waals surface area (Å²) in [5, 5.41) is 17.9. The molecule has 0 bridgehead atoms. The van der Waals surface area contributed by atoms with Crippen LogP contribution >= 0.6 is 27.5 Å². The number of carboxylic acid groups (broad SMARTS) is 1. The van der Waals surface area contributed by atoms with Crippen molar-refractivity contribution in [1.29, 1.82) is 0 Å². The van der Waals surface area contributed by atoms with Crippen LogP contribution in [0.3, 0.4) is 0 Å². The summed E-state index contributed by atoms with van der Waals surface area (Å²) < 4.78 is 0.735. The van der Waals surface area contributed by atoms with Crippen molar-refractivity contribution in [3.05, 3.63) is 33.3 Å². The van der Waals surface area contributed by atoms with Gasteiger partial charge in [0.2, 0.25) is 0 Å². The number of hydrogen-bond donors (Lipinski definition) is 2. The highest BCUT2D eigenvalue weighted by atomic mass is 79.9. The molecule has 0 spiro atoms. The van der Waals surface area contributed by atoms with Crippen LogP contribution in [-0.4, -0.2) is 16.2 Å². The highest BCUT2D eigenvalue weighted by Crippen LogP contribution is 2.26. The molecule has 0 amide bonds. The van der Waals surface area contributed by atoms with Gasteiger partial charge in [0.25, 0.3) is 0 Å². The second-order valence-electron chi connectivity index (χ2n) is 2.41. The van der Waals surface area contributed by atoms with E-state index in [4.69, 9.17) is 16.7 Å². The third kappa shape index (κ3) is 2.43. The molecule has 0 aliphatic carbocycles. The first kappa shape index (κ1) is 10.5. The molecule has 5 heteroatoms. The fourth-order valence-corrected chi connectivity index (χ4v) is 1.63. The number of hydrogen-bond acceptors (Lipinski definition) is 2. The first-order valence-corrected chi connectivity index (χ1v) is 4.55. The Bertz CT molecular complexity index is 340. The van der Waals surface area contributed by atoms with Crippen molar-refractivity contribution in [2.45, 2.75) is 6.10 Å². The zero-order valence-corrected chi connectivity index (χ0v) is 8.71. The van der Waals surface area contributed by atoms with E-state index in [0.29, 0.717) is 0 Å². The molecule has 13 heavy (non-hydrogen) atoms. The molecule has 1 aromatic rings. The smallest absolute Gasteiger partial charge is 0.337 e. The molecule has 0 fully saturated rings. The summed E-state index contributed by atoms with van der Waals surface area (Å²) in [4.78, 5) is 10.4. The normalized spacial score (nSPS) is 12.5. The number of aliphatic hydroxyl groups excluding tert-OH is 1. The Morgan fingerprint density at radius 2 is 2.15 bits per heavy atom. The van der Waals surface area contributed by atoms with E-state index in [9.17, 15) is 9.90 Å². The first-order valence-electron chi connectivity index (χ1n) is 3.38. The zero-order valence-electron chi connectivity index (χ0n) is 6.37. The molecule has 0 saturated carbocycles. The summed E-state index contributed by atoms with van der Waals surface area (Å²) in [6.45, 7) is 0. The number of halogens is 2. The van der Waals surface area contributed by atoms with Crippen molar-refractivity contribution in [3.63, 3.8) is 0 Å². The minimum absolute atomic E-state index is 0.192. The maximum absolute atomic E-state index is 10.4. The van der Waals surface area contributed by atoms with Crippen molar-refractivity contribution in [3.8, 4) is 0 Å². The second-order valence-corrected chi connectivity index (χ2v) is 3.73. The van der Waals surface area contributed by atoms with Crippen LogP contribution in [0.5, 0.6) is 0 Å². The van der Waals surface area contributed by atoms with E-state index < -0.39 is 12.1 Å². The summed E-state index contributed by atoms with van der Waals surface area (Å²) in [5.41, 5.74) is 0.192. The van der Waals surface area contributed by atoms with Crippen molar-refractivity contribution < 1.29 is 15.0 Å². The second kappa shape index (κ2) is 4.09. The van der Waals surface area contributed by atoms with E-state index in [1.54, 1.807) is 6.07 Å². The molecular formula is C8H6BrClO3. The molecular weight excluding hydrogens is 259 g/mol. The fourth-order valence-electron chi connectivity index (χ4n) is 0.856. The van der Waals surface area contributed by atoms with E-state index >= 15 is 0 Å². The highest BCUT2D eigenvalue weighted by molar-refractivity contribution is 9.10. The number of aliphatic hydroxyl groups is 1. The first-order chi connectivity index (χ1) is 6.02. The summed E-state index contributed by atoms with van der Waals surface area (Å²) in [6.07, 6.45) is -1.57. The number of rotatable bonds is 2. The quantitative estimate of drug-likeness (QED) is 0.862. The summed E-state index contributed by atoms with van der Waals surface area (Å²) >= 11 is 8.88. The van der Waals surface area contributed by atoms with E-state index in [2.05, 4.69) is 15.9 Å². The van der Waals surface area contributed by atoms with Gasteiger partial charge in [0.15, 0.2) is 6.10 Å². The van der Waals surface area contributed by atoms with Gasteiger partial charge in [-0.2, -0.15) is 0 Å². The fraction of sp³-hybridized carbons (Fsp3) is 0.125. The SMILES string of the molecule is O=C(O)[C@@H](O)c1ccc(Br)cc1Cl. The van der Waals surface area contributed by atoms with Gasteiger partial charge < -0.3 is 10.2 Å². The molecule has 0 aliphatic heterocycles. The molecule has 0 aromatic heterocycles. The number of carbonyl (C=O) groups is 1. The largest absolute Gasteiger partial charge is 0.479 e. The van der Waals surface area contributed by atoms with Crippen LogP contribution in [0.4, 0.5) is 0 Å². The Labute approximate surface area is 88.1 Å². The van der Waals surface area contributed by atoms with Gasteiger partial charge in [0.05, 0.1) is 0 Å². The number of aliphatic carboxylic acids is 1. The van der Waals surface area contributed by atoms with E-state index in [1.807, 2.05) is 0 Å². The number of carboxylic acids is 1. The molecule has 0 saturated heterocycles. The van der Waals surface area contributed by atoms with Gasteiger partial charge in [0.1, 0.15) is 0 Å². The number of benzene rings is 1.